The van der Waals surface area contributed by atoms with Crippen LogP contribution < -0.4 is 9.47 Å². The van der Waals surface area contributed by atoms with Gasteiger partial charge in [0, 0.05) is 17.2 Å². The van der Waals surface area contributed by atoms with Gasteiger partial charge >= 0.3 is 5.97 Å². The Balaban J connectivity index is 1.83. The quantitative estimate of drug-likeness (QED) is 0.401. The highest BCUT2D eigenvalue weighted by molar-refractivity contribution is 5.90. The first-order chi connectivity index (χ1) is 12.1. The highest BCUT2D eigenvalue weighted by Gasteiger charge is 2.18. The second-order valence-corrected chi connectivity index (χ2v) is 5.36. The second kappa shape index (κ2) is 7.00. The zero-order valence-corrected chi connectivity index (χ0v) is 13.7. The number of aryl methyl sites for hydroxylation is 1. The summed E-state index contributed by atoms with van der Waals surface area (Å²) < 4.78 is 15.6. The molecule has 0 bridgehead atoms. The van der Waals surface area contributed by atoms with Crippen LogP contribution >= 0.6 is 0 Å². The average molecular weight is 337 g/mol. The standard InChI is InChI=1S/C19H15NO5/c1-12-3-6-14(7-4-12)17-10-15(20-25-17)19(22)24-18-9-13(11-21)5-8-16(18)23-2/h3-11H,1-2H3. The lowest BCUT2D eigenvalue weighted by Crippen LogP contribution is -2.09. The number of aldehydes is 1. The third-order valence-electron chi connectivity index (χ3n) is 3.58. The van der Waals surface area contributed by atoms with Gasteiger partial charge < -0.3 is 14.0 Å². The van der Waals surface area contributed by atoms with Crippen molar-refractivity contribution < 1.29 is 23.6 Å². The van der Waals surface area contributed by atoms with E-state index >= 15 is 0 Å². The lowest BCUT2D eigenvalue weighted by Gasteiger charge is -2.08. The molecular formula is C19H15NO5. The van der Waals surface area contributed by atoms with Crippen molar-refractivity contribution in [2.24, 2.45) is 0 Å². The molecule has 0 radical (unpaired) electrons. The molecule has 0 atom stereocenters. The molecule has 0 saturated carbocycles. The molecule has 3 rings (SSSR count). The molecule has 1 aromatic heterocycles. The van der Waals surface area contributed by atoms with E-state index in [-0.39, 0.29) is 11.4 Å². The van der Waals surface area contributed by atoms with Gasteiger partial charge in [0.25, 0.3) is 0 Å². The minimum atomic E-state index is -0.705. The van der Waals surface area contributed by atoms with E-state index in [2.05, 4.69) is 5.16 Å². The minimum Gasteiger partial charge on any atom is -0.493 e. The molecule has 0 unspecified atom stereocenters. The molecule has 0 saturated heterocycles. The SMILES string of the molecule is COc1ccc(C=O)cc1OC(=O)c1cc(-c2ccc(C)cc2)on1. The van der Waals surface area contributed by atoms with Crippen LogP contribution in [0.5, 0.6) is 11.5 Å². The van der Waals surface area contributed by atoms with Crippen molar-refractivity contribution in [2.75, 3.05) is 7.11 Å². The molecule has 25 heavy (non-hydrogen) atoms. The summed E-state index contributed by atoms with van der Waals surface area (Å²) in [4.78, 5) is 23.2. The van der Waals surface area contributed by atoms with E-state index in [0.717, 1.165) is 11.1 Å². The Hall–Kier alpha value is -3.41. The average Bonchev–Trinajstić information content (AvgIpc) is 3.12. The predicted octanol–water partition coefficient (Wildman–Crippen LogP) is 3.69. The number of nitrogens with zero attached hydrogens (tertiary/aromatic N) is 1. The largest absolute Gasteiger partial charge is 0.493 e. The number of benzene rings is 2. The monoisotopic (exact) mass is 337 g/mol. The van der Waals surface area contributed by atoms with E-state index < -0.39 is 5.97 Å². The second-order valence-electron chi connectivity index (χ2n) is 5.36. The molecule has 6 nitrogen and oxygen atoms in total. The van der Waals surface area contributed by atoms with E-state index in [1.807, 2.05) is 31.2 Å². The van der Waals surface area contributed by atoms with Crippen LogP contribution in [-0.2, 0) is 0 Å². The summed E-state index contributed by atoms with van der Waals surface area (Å²) in [6.07, 6.45) is 0.655. The van der Waals surface area contributed by atoms with Gasteiger partial charge in [-0.15, -0.1) is 0 Å². The molecule has 1 heterocycles. The van der Waals surface area contributed by atoms with Gasteiger partial charge in [0.05, 0.1) is 7.11 Å². The highest BCUT2D eigenvalue weighted by atomic mass is 16.6. The fourth-order valence-corrected chi connectivity index (χ4v) is 2.22. The third kappa shape index (κ3) is 3.58. The Labute approximate surface area is 144 Å². The van der Waals surface area contributed by atoms with Gasteiger partial charge in [-0.05, 0) is 25.1 Å². The van der Waals surface area contributed by atoms with Gasteiger partial charge in [0.15, 0.2) is 23.0 Å². The molecule has 2 aromatic carbocycles. The number of carbonyl (C=O) groups excluding carboxylic acids is 2. The number of rotatable bonds is 5. The van der Waals surface area contributed by atoms with Gasteiger partial charge in [-0.3, -0.25) is 4.79 Å². The van der Waals surface area contributed by atoms with Gasteiger partial charge in [0.2, 0.25) is 0 Å². The van der Waals surface area contributed by atoms with E-state index in [1.54, 1.807) is 12.1 Å². The van der Waals surface area contributed by atoms with E-state index in [1.165, 1.54) is 19.2 Å². The molecule has 0 aliphatic carbocycles. The summed E-state index contributed by atoms with van der Waals surface area (Å²) in [5.41, 5.74) is 2.31. The zero-order valence-electron chi connectivity index (χ0n) is 13.7. The molecule has 6 heteroatoms. The van der Waals surface area contributed by atoms with E-state index in [4.69, 9.17) is 14.0 Å². The predicted molar refractivity (Wildman–Crippen MR) is 90.0 cm³/mol. The first kappa shape index (κ1) is 16.4. The molecule has 126 valence electrons. The summed E-state index contributed by atoms with van der Waals surface area (Å²) in [5.74, 6) is 0.224. The van der Waals surface area contributed by atoms with E-state index in [9.17, 15) is 9.59 Å². The van der Waals surface area contributed by atoms with Crippen LogP contribution in [0.4, 0.5) is 0 Å². The van der Waals surface area contributed by atoms with Crippen LogP contribution in [0.1, 0.15) is 26.4 Å². The van der Waals surface area contributed by atoms with Gasteiger partial charge in [-0.1, -0.05) is 35.0 Å². The molecule has 0 aliphatic rings. The maximum atomic E-state index is 12.3. The van der Waals surface area contributed by atoms with Crippen molar-refractivity contribution >= 4 is 12.3 Å². The topological polar surface area (TPSA) is 78.6 Å². The van der Waals surface area contributed by atoms with Gasteiger partial charge in [0.1, 0.15) is 6.29 Å². The molecule has 0 aliphatic heterocycles. The Morgan fingerprint density at radius 1 is 1.08 bits per heavy atom. The Bertz CT molecular complexity index is 912. The lowest BCUT2D eigenvalue weighted by atomic mass is 10.1. The summed E-state index contributed by atoms with van der Waals surface area (Å²) in [6.45, 7) is 1.98. The number of methoxy groups -OCH3 is 1. The fourth-order valence-electron chi connectivity index (χ4n) is 2.22. The molecule has 0 amide bonds. The number of hydrogen-bond acceptors (Lipinski definition) is 6. The normalized spacial score (nSPS) is 10.3. The highest BCUT2D eigenvalue weighted by Crippen LogP contribution is 2.29. The fraction of sp³-hybridized carbons (Fsp3) is 0.105. The van der Waals surface area contributed by atoms with Crippen molar-refractivity contribution in [1.82, 2.24) is 5.16 Å². The van der Waals surface area contributed by atoms with Crippen LogP contribution in [0.3, 0.4) is 0 Å². The molecule has 0 fully saturated rings. The third-order valence-corrected chi connectivity index (χ3v) is 3.58. The van der Waals surface area contributed by atoms with Gasteiger partial charge in [-0.2, -0.15) is 0 Å². The van der Waals surface area contributed by atoms with Crippen LogP contribution in [0.25, 0.3) is 11.3 Å². The summed E-state index contributed by atoms with van der Waals surface area (Å²) in [6, 6.07) is 13.7. The summed E-state index contributed by atoms with van der Waals surface area (Å²) in [5, 5.41) is 3.75. The summed E-state index contributed by atoms with van der Waals surface area (Å²) >= 11 is 0. The molecule has 0 spiro atoms. The van der Waals surface area contributed by atoms with Crippen LogP contribution in [-0.4, -0.2) is 24.5 Å². The van der Waals surface area contributed by atoms with E-state index in [0.29, 0.717) is 23.4 Å². The number of hydrogen-bond donors (Lipinski definition) is 0. The lowest BCUT2D eigenvalue weighted by molar-refractivity contribution is 0.0718. The van der Waals surface area contributed by atoms with Crippen molar-refractivity contribution in [3.63, 3.8) is 0 Å². The number of aromatic nitrogens is 1. The maximum absolute atomic E-state index is 12.3. The number of esters is 1. The first-order valence-corrected chi connectivity index (χ1v) is 7.50. The first-order valence-electron chi connectivity index (χ1n) is 7.50. The minimum absolute atomic E-state index is 0.0223. The molecule has 3 aromatic rings. The van der Waals surface area contributed by atoms with Crippen molar-refractivity contribution in [3.05, 3.63) is 65.4 Å². The van der Waals surface area contributed by atoms with Gasteiger partial charge in [-0.25, -0.2) is 4.79 Å². The number of ether oxygens (including phenoxy) is 2. The summed E-state index contributed by atoms with van der Waals surface area (Å²) in [7, 11) is 1.44. The maximum Gasteiger partial charge on any atom is 0.366 e. The smallest absolute Gasteiger partial charge is 0.366 e. The van der Waals surface area contributed by atoms with Crippen molar-refractivity contribution in [3.8, 4) is 22.8 Å². The number of carbonyl (C=O) groups is 2. The van der Waals surface area contributed by atoms with Crippen LogP contribution in [0.15, 0.2) is 53.1 Å². The Morgan fingerprint density at radius 3 is 2.52 bits per heavy atom. The van der Waals surface area contributed by atoms with Crippen LogP contribution in [0, 0.1) is 6.92 Å². The molecule has 0 N–H and O–H groups in total. The van der Waals surface area contributed by atoms with Crippen molar-refractivity contribution in [2.45, 2.75) is 6.92 Å². The Kier molecular flexibility index (Phi) is 4.61. The van der Waals surface area contributed by atoms with Crippen LogP contribution in [0.2, 0.25) is 0 Å². The molecular weight excluding hydrogens is 322 g/mol. The zero-order chi connectivity index (χ0) is 17.8. The Morgan fingerprint density at radius 2 is 1.84 bits per heavy atom. The van der Waals surface area contributed by atoms with Crippen molar-refractivity contribution in [1.29, 1.82) is 0 Å².